The Morgan fingerprint density at radius 2 is 1.86 bits per heavy atom. The molecule has 2 rings (SSSR count). The number of aryl methyl sites for hydroxylation is 1. The standard InChI is InChI=1S/C16H20N2O2S/c1-4-13(3)14-5-7-15(8-6-14)21(19,20)18-16-11-12(2)9-10-17-16/h5-11,13H,4H2,1-3H3,(H,17,18)/t13-/m0/s1. The number of pyridine rings is 1. The normalized spacial score (nSPS) is 12.9. The van der Waals surface area contributed by atoms with Crippen molar-refractivity contribution in [3.8, 4) is 0 Å². The van der Waals surface area contributed by atoms with Crippen LogP contribution in [0.5, 0.6) is 0 Å². The summed E-state index contributed by atoms with van der Waals surface area (Å²) in [5.74, 6) is 0.758. The molecule has 21 heavy (non-hydrogen) atoms. The number of aromatic nitrogens is 1. The smallest absolute Gasteiger partial charge is 0.263 e. The summed E-state index contributed by atoms with van der Waals surface area (Å²) in [6.45, 7) is 6.12. The van der Waals surface area contributed by atoms with E-state index in [0.717, 1.165) is 17.5 Å². The molecule has 4 nitrogen and oxygen atoms in total. The lowest BCUT2D eigenvalue weighted by Crippen LogP contribution is -2.14. The van der Waals surface area contributed by atoms with Crippen LogP contribution in [0.3, 0.4) is 0 Å². The fourth-order valence-corrected chi connectivity index (χ4v) is 3.00. The highest BCUT2D eigenvalue weighted by Crippen LogP contribution is 2.21. The molecule has 1 atom stereocenters. The second-order valence-electron chi connectivity index (χ2n) is 5.20. The minimum Gasteiger partial charge on any atom is -0.263 e. The summed E-state index contributed by atoms with van der Waals surface area (Å²) in [5, 5.41) is 0. The Morgan fingerprint density at radius 3 is 2.43 bits per heavy atom. The van der Waals surface area contributed by atoms with E-state index < -0.39 is 10.0 Å². The Kier molecular flexibility index (Phi) is 4.63. The minimum absolute atomic E-state index is 0.248. The maximum absolute atomic E-state index is 12.3. The van der Waals surface area contributed by atoms with Gasteiger partial charge in [0.1, 0.15) is 5.82 Å². The van der Waals surface area contributed by atoms with E-state index in [1.165, 1.54) is 0 Å². The van der Waals surface area contributed by atoms with Crippen molar-refractivity contribution in [2.45, 2.75) is 38.0 Å². The Labute approximate surface area is 126 Å². The zero-order valence-corrected chi connectivity index (χ0v) is 13.3. The number of sulfonamides is 1. The molecule has 1 N–H and O–H groups in total. The molecule has 1 aromatic carbocycles. The molecule has 112 valence electrons. The Bertz CT molecular complexity index is 709. The molecule has 0 spiro atoms. The number of hydrogen-bond acceptors (Lipinski definition) is 3. The second kappa shape index (κ2) is 6.26. The Balaban J connectivity index is 2.23. The number of nitrogens with one attached hydrogen (secondary N) is 1. The quantitative estimate of drug-likeness (QED) is 0.916. The van der Waals surface area contributed by atoms with Crippen molar-refractivity contribution in [1.82, 2.24) is 4.98 Å². The third-order valence-corrected chi connectivity index (χ3v) is 4.90. The average molecular weight is 304 g/mol. The van der Waals surface area contributed by atoms with Gasteiger partial charge in [0, 0.05) is 6.20 Å². The number of benzene rings is 1. The molecule has 0 amide bonds. The summed E-state index contributed by atoms with van der Waals surface area (Å²) < 4.78 is 27.1. The van der Waals surface area contributed by atoms with Crippen LogP contribution in [-0.2, 0) is 10.0 Å². The predicted molar refractivity (Wildman–Crippen MR) is 84.9 cm³/mol. The van der Waals surface area contributed by atoms with Crippen molar-refractivity contribution >= 4 is 15.8 Å². The first kappa shape index (κ1) is 15.5. The van der Waals surface area contributed by atoms with Gasteiger partial charge in [-0.3, -0.25) is 4.72 Å². The van der Waals surface area contributed by atoms with E-state index >= 15 is 0 Å². The van der Waals surface area contributed by atoms with Gasteiger partial charge in [0.25, 0.3) is 10.0 Å². The molecule has 0 saturated heterocycles. The van der Waals surface area contributed by atoms with Gasteiger partial charge in [-0.05, 0) is 54.7 Å². The fourth-order valence-electron chi connectivity index (χ4n) is 2.00. The summed E-state index contributed by atoms with van der Waals surface area (Å²) in [6.07, 6.45) is 2.61. The lowest BCUT2D eigenvalue weighted by Gasteiger charge is -2.11. The third-order valence-electron chi connectivity index (χ3n) is 3.53. The lowest BCUT2D eigenvalue weighted by molar-refractivity contribution is 0.601. The van der Waals surface area contributed by atoms with Crippen LogP contribution in [0, 0.1) is 6.92 Å². The number of rotatable bonds is 5. The van der Waals surface area contributed by atoms with E-state index in [9.17, 15) is 8.42 Å². The molecule has 0 radical (unpaired) electrons. The van der Waals surface area contributed by atoms with E-state index in [0.29, 0.717) is 11.7 Å². The summed E-state index contributed by atoms with van der Waals surface area (Å²) in [6, 6.07) is 10.5. The number of nitrogens with zero attached hydrogens (tertiary/aromatic N) is 1. The highest BCUT2D eigenvalue weighted by Gasteiger charge is 2.15. The van der Waals surface area contributed by atoms with Crippen molar-refractivity contribution in [3.63, 3.8) is 0 Å². The topological polar surface area (TPSA) is 59.1 Å². The molecule has 0 unspecified atom stereocenters. The monoisotopic (exact) mass is 304 g/mol. The molecule has 0 saturated carbocycles. The fraction of sp³-hybridized carbons (Fsp3) is 0.312. The molecule has 5 heteroatoms. The third kappa shape index (κ3) is 3.82. The van der Waals surface area contributed by atoms with Crippen LogP contribution in [0.4, 0.5) is 5.82 Å². The minimum atomic E-state index is -3.59. The van der Waals surface area contributed by atoms with E-state index in [2.05, 4.69) is 23.6 Å². The van der Waals surface area contributed by atoms with Crippen LogP contribution in [0.2, 0.25) is 0 Å². The van der Waals surface area contributed by atoms with E-state index in [4.69, 9.17) is 0 Å². The van der Waals surface area contributed by atoms with Gasteiger partial charge >= 0.3 is 0 Å². The maximum Gasteiger partial charge on any atom is 0.263 e. The molecular weight excluding hydrogens is 284 g/mol. The first-order valence-electron chi connectivity index (χ1n) is 6.98. The summed E-state index contributed by atoms with van der Waals surface area (Å²) >= 11 is 0. The first-order valence-corrected chi connectivity index (χ1v) is 8.46. The van der Waals surface area contributed by atoms with Crippen LogP contribution in [0.25, 0.3) is 0 Å². The number of hydrogen-bond donors (Lipinski definition) is 1. The van der Waals surface area contributed by atoms with Crippen LogP contribution < -0.4 is 4.72 Å². The zero-order valence-electron chi connectivity index (χ0n) is 12.5. The van der Waals surface area contributed by atoms with Crippen LogP contribution in [0.15, 0.2) is 47.5 Å². The summed E-state index contributed by atoms with van der Waals surface area (Å²) in [7, 11) is -3.59. The van der Waals surface area contributed by atoms with E-state index in [-0.39, 0.29) is 4.90 Å². The van der Waals surface area contributed by atoms with Crippen LogP contribution >= 0.6 is 0 Å². The highest BCUT2D eigenvalue weighted by atomic mass is 32.2. The SMILES string of the molecule is CC[C@H](C)c1ccc(S(=O)(=O)Nc2cc(C)ccn2)cc1. The molecule has 0 fully saturated rings. The van der Waals surface area contributed by atoms with Gasteiger partial charge in [0.15, 0.2) is 0 Å². The lowest BCUT2D eigenvalue weighted by atomic mass is 9.99. The highest BCUT2D eigenvalue weighted by molar-refractivity contribution is 7.92. The predicted octanol–water partition coefficient (Wildman–Crippen LogP) is 3.70. The molecular formula is C16H20N2O2S. The largest absolute Gasteiger partial charge is 0.263 e. The Morgan fingerprint density at radius 1 is 1.19 bits per heavy atom. The maximum atomic E-state index is 12.3. The van der Waals surface area contributed by atoms with Crippen molar-refractivity contribution in [1.29, 1.82) is 0 Å². The summed E-state index contributed by atoms with van der Waals surface area (Å²) in [5.41, 5.74) is 2.10. The molecule has 0 bridgehead atoms. The van der Waals surface area contributed by atoms with Gasteiger partial charge in [-0.15, -0.1) is 0 Å². The van der Waals surface area contributed by atoms with Crippen molar-refractivity contribution < 1.29 is 8.42 Å². The van der Waals surface area contributed by atoms with E-state index in [1.807, 2.05) is 25.1 Å². The van der Waals surface area contributed by atoms with Gasteiger partial charge in [-0.1, -0.05) is 26.0 Å². The van der Waals surface area contributed by atoms with E-state index in [1.54, 1.807) is 24.4 Å². The van der Waals surface area contributed by atoms with Crippen molar-refractivity contribution in [2.75, 3.05) is 4.72 Å². The second-order valence-corrected chi connectivity index (χ2v) is 6.88. The zero-order chi connectivity index (χ0) is 15.5. The average Bonchev–Trinajstić information content (AvgIpc) is 2.46. The first-order chi connectivity index (χ1) is 9.92. The van der Waals surface area contributed by atoms with Crippen molar-refractivity contribution in [3.05, 3.63) is 53.7 Å². The number of anilines is 1. The van der Waals surface area contributed by atoms with Crippen LogP contribution in [0.1, 0.15) is 37.3 Å². The Hall–Kier alpha value is -1.88. The molecule has 1 aromatic heterocycles. The summed E-state index contributed by atoms with van der Waals surface area (Å²) in [4.78, 5) is 4.27. The molecule has 0 aliphatic heterocycles. The van der Waals surface area contributed by atoms with Gasteiger partial charge in [-0.2, -0.15) is 0 Å². The molecule has 1 heterocycles. The molecule has 0 aliphatic rings. The van der Waals surface area contributed by atoms with Gasteiger partial charge in [0.2, 0.25) is 0 Å². The molecule has 0 aliphatic carbocycles. The van der Waals surface area contributed by atoms with Crippen LogP contribution in [-0.4, -0.2) is 13.4 Å². The van der Waals surface area contributed by atoms with Gasteiger partial charge in [0.05, 0.1) is 4.90 Å². The molecule has 2 aromatic rings. The van der Waals surface area contributed by atoms with Gasteiger partial charge in [-0.25, -0.2) is 13.4 Å². The van der Waals surface area contributed by atoms with Gasteiger partial charge < -0.3 is 0 Å². The van der Waals surface area contributed by atoms with Crippen molar-refractivity contribution in [2.24, 2.45) is 0 Å².